The zero-order chi connectivity index (χ0) is 23.1. The summed E-state index contributed by atoms with van der Waals surface area (Å²) >= 11 is 0. The molecule has 6 nitrogen and oxygen atoms in total. The zero-order valence-electron chi connectivity index (χ0n) is 18.5. The van der Waals surface area contributed by atoms with Gasteiger partial charge in [-0.2, -0.15) is 4.31 Å². The van der Waals surface area contributed by atoms with Crippen LogP contribution in [0.5, 0.6) is 5.75 Å². The first-order valence-corrected chi connectivity index (χ1v) is 11.9. The van der Waals surface area contributed by atoms with E-state index in [1.807, 2.05) is 67.6 Å². The third-order valence-corrected chi connectivity index (χ3v) is 6.89. The van der Waals surface area contributed by atoms with Crippen molar-refractivity contribution in [3.63, 3.8) is 0 Å². The van der Waals surface area contributed by atoms with Crippen LogP contribution in [0, 0.1) is 6.92 Å². The highest BCUT2D eigenvalue weighted by molar-refractivity contribution is 7.89. The summed E-state index contributed by atoms with van der Waals surface area (Å²) in [6, 6.07) is 23.5. The maximum absolute atomic E-state index is 13.0. The van der Waals surface area contributed by atoms with Crippen molar-refractivity contribution in [2.75, 3.05) is 20.2 Å². The third-order valence-electron chi connectivity index (χ3n) is 5.09. The number of amides is 1. The monoisotopic (exact) mass is 452 g/mol. The summed E-state index contributed by atoms with van der Waals surface area (Å²) < 4.78 is 32.6. The molecule has 1 N–H and O–H groups in total. The lowest BCUT2D eigenvalue weighted by Crippen LogP contribution is -2.40. The fraction of sp³-hybridized carbons (Fsp3) is 0.240. The van der Waals surface area contributed by atoms with Crippen LogP contribution >= 0.6 is 0 Å². The standard InChI is InChI=1S/C25H28N2O4S/c1-4-31-23-16-15-22(17-19(23)2)32(29,30)27(3)18-24(28)26-25(20-11-7-5-8-12-20)21-13-9-6-10-14-21/h5-17,25H,4,18H2,1-3H3,(H,26,28). The molecule has 0 spiro atoms. The highest BCUT2D eigenvalue weighted by Gasteiger charge is 2.25. The minimum atomic E-state index is -3.84. The largest absolute Gasteiger partial charge is 0.494 e. The van der Waals surface area contributed by atoms with E-state index in [1.54, 1.807) is 19.1 Å². The number of aryl methyl sites for hydroxylation is 1. The van der Waals surface area contributed by atoms with Crippen molar-refractivity contribution in [2.24, 2.45) is 0 Å². The van der Waals surface area contributed by atoms with Gasteiger partial charge in [0.1, 0.15) is 5.75 Å². The number of hydrogen-bond acceptors (Lipinski definition) is 4. The molecule has 0 heterocycles. The fourth-order valence-electron chi connectivity index (χ4n) is 3.42. The van der Waals surface area contributed by atoms with Crippen LogP contribution in [0.2, 0.25) is 0 Å². The van der Waals surface area contributed by atoms with E-state index in [2.05, 4.69) is 5.32 Å². The maximum atomic E-state index is 13.0. The maximum Gasteiger partial charge on any atom is 0.243 e. The fourth-order valence-corrected chi connectivity index (χ4v) is 4.64. The smallest absolute Gasteiger partial charge is 0.243 e. The van der Waals surface area contributed by atoms with Gasteiger partial charge in [-0.3, -0.25) is 4.79 Å². The minimum Gasteiger partial charge on any atom is -0.494 e. The molecule has 0 aliphatic carbocycles. The topological polar surface area (TPSA) is 75.7 Å². The predicted octanol–water partition coefficient (Wildman–Crippen LogP) is 3.92. The van der Waals surface area contributed by atoms with E-state index >= 15 is 0 Å². The summed E-state index contributed by atoms with van der Waals surface area (Å²) in [5.41, 5.74) is 2.55. The summed E-state index contributed by atoms with van der Waals surface area (Å²) in [6.07, 6.45) is 0. The predicted molar refractivity (Wildman–Crippen MR) is 125 cm³/mol. The third kappa shape index (κ3) is 5.55. The molecule has 3 aromatic carbocycles. The first-order chi connectivity index (χ1) is 15.3. The molecule has 1 amide bonds. The Labute approximate surface area is 189 Å². The zero-order valence-corrected chi connectivity index (χ0v) is 19.3. The lowest BCUT2D eigenvalue weighted by Gasteiger charge is -2.22. The molecule has 0 radical (unpaired) electrons. The summed E-state index contributed by atoms with van der Waals surface area (Å²) in [5.74, 6) is 0.247. The number of ether oxygens (including phenoxy) is 1. The van der Waals surface area contributed by atoms with Gasteiger partial charge in [-0.05, 0) is 48.7 Å². The minimum absolute atomic E-state index is 0.122. The van der Waals surface area contributed by atoms with Gasteiger partial charge in [-0.15, -0.1) is 0 Å². The van der Waals surface area contributed by atoms with E-state index in [-0.39, 0.29) is 17.5 Å². The second kappa shape index (κ2) is 10.4. The number of carbonyl (C=O) groups is 1. The molecule has 3 rings (SSSR count). The number of likely N-dealkylation sites (N-methyl/N-ethyl adjacent to an activating group) is 1. The van der Waals surface area contributed by atoms with Crippen LogP contribution in [0.3, 0.4) is 0 Å². The molecular weight excluding hydrogens is 424 g/mol. The molecule has 0 saturated carbocycles. The van der Waals surface area contributed by atoms with Gasteiger partial charge in [0.2, 0.25) is 15.9 Å². The Kier molecular flexibility index (Phi) is 7.66. The lowest BCUT2D eigenvalue weighted by molar-refractivity contribution is -0.121. The highest BCUT2D eigenvalue weighted by Crippen LogP contribution is 2.24. The molecule has 3 aromatic rings. The first-order valence-electron chi connectivity index (χ1n) is 10.4. The van der Waals surface area contributed by atoms with Crippen LogP contribution in [0.25, 0.3) is 0 Å². The van der Waals surface area contributed by atoms with Crippen molar-refractivity contribution in [3.8, 4) is 5.75 Å². The van der Waals surface area contributed by atoms with Gasteiger partial charge in [-0.1, -0.05) is 60.7 Å². The average Bonchev–Trinajstić information content (AvgIpc) is 2.80. The van der Waals surface area contributed by atoms with E-state index in [1.165, 1.54) is 13.1 Å². The highest BCUT2D eigenvalue weighted by atomic mass is 32.2. The van der Waals surface area contributed by atoms with E-state index in [0.29, 0.717) is 12.4 Å². The summed E-state index contributed by atoms with van der Waals surface area (Å²) in [4.78, 5) is 13.0. The van der Waals surface area contributed by atoms with Crippen LogP contribution in [0.15, 0.2) is 83.8 Å². The van der Waals surface area contributed by atoms with Crippen LogP contribution in [-0.2, 0) is 14.8 Å². The first kappa shape index (κ1) is 23.5. The Balaban J connectivity index is 1.77. The summed E-state index contributed by atoms with van der Waals surface area (Å²) in [7, 11) is -2.43. The Morgan fingerprint density at radius 1 is 0.969 bits per heavy atom. The molecule has 32 heavy (non-hydrogen) atoms. The van der Waals surface area contributed by atoms with Crippen molar-refractivity contribution >= 4 is 15.9 Å². The Hall–Kier alpha value is -3.16. The summed E-state index contributed by atoms with van der Waals surface area (Å²) in [6.45, 7) is 3.86. The van der Waals surface area contributed by atoms with Gasteiger partial charge in [0.15, 0.2) is 0 Å². The number of nitrogens with zero attached hydrogens (tertiary/aromatic N) is 1. The van der Waals surface area contributed by atoms with Crippen molar-refractivity contribution in [3.05, 3.63) is 95.6 Å². The second-order valence-corrected chi connectivity index (χ2v) is 9.49. The van der Waals surface area contributed by atoms with E-state index < -0.39 is 15.9 Å². The van der Waals surface area contributed by atoms with E-state index in [4.69, 9.17) is 4.74 Å². The van der Waals surface area contributed by atoms with E-state index in [0.717, 1.165) is 21.0 Å². The summed E-state index contributed by atoms with van der Waals surface area (Å²) in [5, 5.41) is 2.98. The van der Waals surface area contributed by atoms with Gasteiger partial charge in [0, 0.05) is 7.05 Å². The van der Waals surface area contributed by atoms with Crippen LogP contribution in [0.4, 0.5) is 0 Å². The molecule has 0 atom stereocenters. The van der Waals surface area contributed by atoms with Gasteiger partial charge >= 0.3 is 0 Å². The van der Waals surface area contributed by atoms with Crippen molar-refractivity contribution in [1.29, 1.82) is 0 Å². The normalized spacial score (nSPS) is 11.5. The number of hydrogen-bond donors (Lipinski definition) is 1. The molecular formula is C25H28N2O4S. The van der Waals surface area contributed by atoms with E-state index in [9.17, 15) is 13.2 Å². The number of sulfonamides is 1. The van der Waals surface area contributed by atoms with Gasteiger partial charge < -0.3 is 10.1 Å². The number of benzene rings is 3. The SMILES string of the molecule is CCOc1ccc(S(=O)(=O)N(C)CC(=O)NC(c2ccccc2)c2ccccc2)cc1C. The van der Waals surface area contributed by atoms with Gasteiger partial charge in [-0.25, -0.2) is 8.42 Å². The molecule has 0 unspecified atom stereocenters. The molecule has 0 aliphatic heterocycles. The quantitative estimate of drug-likeness (QED) is 0.534. The number of carbonyl (C=O) groups excluding carboxylic acids is 1. The Bertz CT molecular complexity index is 1110. The molecule has 0 fully saturated rings. The molecule has 7 heteroatoms. The Morgan fingerprint density at radius 2 is 1.53 bits per heavy atom. The average molecular weight is 453 g/mol. The Morgan fingerprint density at radius 3 is 2.03 bits per heavy atom. The number of nitrogens with one attached hydrogen (secondary N) is 1. The van der Waals surface area contributed by atoms with Crippen LogP contribution in [0.1, 0.15) is 29.7 Å². The number of rotatable bonds is 9. The van der Waals surface area contributed by atoms with Crippen LogP contribution in [-0.4, -0.2) is 38.8 Å². The molecule has 168 valence electrons. The van der Waals surface area contributed by atoms with Gasteiger partial charge in [0.05, 0.1) is 24.1 Å². The molecule has 0 aromatic heterocycles. The molecule has 0 aliphatic rings. The van der Waals surface area contributed by atoms with Gasteiger partial charge in [0.25, 0.3) is 0 Å². The molecule has 0 saturated heterocycles. The second-order valence-electron chi connectivity index (χ2n) is 7.44. The lowest BCUT2D eigenvalue weighted by atomic mass is 9.99. The van der Waals surface area contributed by atoms with Crippen LogP contribution < -0.4 is 10.1 Å². The van der Waals surface area contributed by atoms with Crippen molar-refractivity contribution in [2.45, 2.75) is 24.8 Å². The van der Waals surface area contributed by atoms with Crippen molar-refractivity contribution in [1.82, 2.24) is 9.62 Å². The van der Waals surface area contributed by atoms with Crippen molar-refractivity contribution < 1.29 is 17.9 Å². The molecule has 0 bridgehead atoms.